The summed E-state index contributed by atoms with van der Waals surface area (Å²) in [4.78, 5) is 62.5. The second kappa shape index (κ2) is 9.64. The average Bonchev–Trinajstić information content (AvgIpc) is 3.07. The number of carbonyl (C=O) groups excluding carboxylic acids is 5. The number of rotatable bonds is 8. The highest BCUT2D eigenvalue weighted by atomic mass is 16.2. The largest absolute Gasteiger partial charge is 0.384 e. The van der Waals surface area contributed by atoms with Crippen LogP contribution in [0.5, 0.6) is 0 Å². The van der Waals surface area contributed by atoms with E-state index in [1.54, 1.807) is 30.3 Å². The zero-order valence-electron chi connectivity index (χ0n) is 17.9. The van der Waals surface area contributed by atoms with Crippen LogP contribution in [0.25, 0.3) is 0 Å². The number of benzene rings is 2. The molecule has 0 bridgehead atoms. The minimum Gasteiger partial charge on any atom is -0.384 e. The van der Waals surface area contributed by atoms with Crippen LogP contribution in [0.3, 0.4) is 0 Å². The molecule has 33 heavy (non-hydrogen) atoms. The molecule has 5 amide bonds. The van der Waals surface area contributed by atoms with Gasteiger partial charge in [0, 0.05) is 30.8 Å². The van der Waals surface area contributed by atoms with Gasteiger partial charge in [0.1, 0.15) is 6.04 Å². The van der Waals surface area contributed by atoms with E-state index >= 15 is 0 Å². The Kier molecular flexibility index (Phi) is 6.48. The number of imide groups is 2. The zero-order chi connectivity index (χ0) is 23.4. The van der Waals surface area contributed by atoms with E-state index in [1.165, 1.54) is 0 Å². The Morgan fingerprint density at radius 2 is 1.70 bits per heavy atom. The number of anilines is 1. The van der Waals surface area contributed by atoms with E-state index < -0.39 is 29.7 Å². The molecule has 170 valence electrons. The molecule has 1 fully saturated rings. The molecule has 1 saturated heterocycles. The van der Waals surface area contributed by atoms with Crippen molar-refractivity contribution in [2.24, 2.45) is 0 Å². The standard InChI is InChI=1S/C24H24N4O5/c29-19-12-11-18(22(31)27-19)28-23(32)16-9-6-10-17(20(16)24(28)33)25-13-4-5-14-26-21(30)15-7-2-1-3-8-15/h1-3,6-10,18,25H,4-5,11-14H2,(H,26,30)(H,27,29,31). The first-order valence-electron chi connectivity index (χ1n) is 10.9. The Hall–Kier alpha value is -4.01. The Balaban J connectivity index is 1.32. The lowest BCUT2D eigenvalue weighted by Gasteiger charge is -2.27. The predicted octanol–water partition coefficient (Wildman–Crippen LogP) is 1.71. The molecule has 0 aromatic heterocycles. The van der Waals surface area contributed by atoms with E-state index in [4.69, 9.17) is 0 Å². The fourth-order valence-corrected chi connectivity index (χ4v) is 4.03. The van der Waals surface area contributed by atoms with Crippen LogP contribution in [-0.4, -0.2) is 53.6 Å². The monoisotopic (exact) mass is 448 g/mol. The number of nitrogens with zero attached hydrogens (tertiary/aromatic N) is 1. The van der Waals surface area contributed by atoms with Crippen LogP contribution in [-0.2, 0) is 9.59 Å². The van der Waals surface area contributed by atoms with Crippen LogP contribution < -0.4 is 16.0 Å². The van der Waals surface area contributed by atoms with Crippen molar-refractivity contribution < 1.29 is 24.0 Å². The third-order valence-corrected chi connectivity index (χ3v) is 5.71. The van der Waals surface area contributed by atoms with Gasteiger partial charge in [0.25, 0.3) is 17.7 Å². The van der Waals surface area contributed by atoms with Gasteiger partial charge >= 0.3 is 0 Å². The summed E-state index contributed by atoms with van der Waals surface area (Å²) in [6.07, 6.45) is 1.66. The van der Waals surface area contributed by atoms with Crippen LogP contribution in [0.15, 0.2) is 48.5 Å². The third kappa shape index (κ3) is 4.62. The van der Waals surface area contributed by atoms with Gasteiger partial charge in [0.15, 0.2) is 0 Å². The molecular formula is C24H24N4O5. The quantitative estimate of drug-likeness (QED) is 0.417. The Bertz CT molecular complexity index is 1120. The molecule has 1 unspecified atom stereocenters. The summed E-state index contributed by atoms with van der Waals surface area (Å²) in [5, 5.41) is 8.25. The number of carbonyl (C=O) groups is 5. The first-order valence-corrected chi connectivity index (χ1v) is 10.9. The lowest BCUT2D eigenvalue weighted by molar-refractivity contribution is -0.136. The summed E-state index contributed by atoms with van der Waals surface area (Å²) in [6.45, 7) is 1.06. The highest BCUT2D eigenvalue weighted by Crippen LogP contribution is 2.32. The summed E-state index contributed by atoms with van der Waals surface area (Å²) in [5.41, 5.74) is 1.61. The molecule has 2 aromatic carbocycles. The molecule has 9 nitrogen and oxygen atoms in total. The molecule has 2 aliphatic heterocycles. The molecule has 0 spiro atoms. The van der Waals surface area contributed by atoms with Gasteiger partial charge < -0.3 is 10.6 Å². The van der Waals surface area contributed by atoms with Gasteiger partial charge in [-0.1, -0.05) is 24.3 Å². The number of unbranched alkanes of at least 4 members (excludes halogenated alkanes) is 1. The average molecular weight is 448 g/mol. The number of piperidine rings is 1. The van der Waals surface area contributed by atoms with Gasteiger partial charge in [0.05, 0.1) is 11.1 Å². The highest BCUT2D eigenvalue weighted by molar-refractivity contribution is 6.25. The van der Waals surface area contributed by atoms with Gasteiger partial charge in [-0.25, -0.2) is 0 Å². The topological polar surface area (TPSA) is 125 Å². The number of hydrogen-bond acceptors (Lipinski definition) is 6. The normalized spacial score (nSPS) is 17.6. The van der Waals surface area contributed by atoms with Crippen molar-refractivity contribution in [3.8, 4) is 0 Å². The fraction of sp³-hybridized carbons (Fsp3) is 0.292. The number of hydrogen-bond donors (Lipinski definition) is 3. The van der Waals surface area contributed by atoms with Gasteiger partial charge in [0.2, 0.25) is 11.8 Å². The first kappa shape index (κ1) is 22.2. The van der Waals surface area contributed by atoms with Crippen LogP contribution in [0.1, 0.15) is 56.8 Å². The number of fused-ring (bicyclic) bond motifs is 1. The second-order valence-corrected chi connectivity index (χ2v) is 7.93. The highest BCUT2D eigenvalue weighted by Gasteiger charge is 2.45. The Labute approximate surface area is 190 Å². The molecule has 1 atom stereocenters. The van der Waals surface area contributed by atoms with Crippen molar-refractivity contribution in [1.82, 2.24) is 15.5 Å². The van der Waals surface area contributed by atoms with Crippen LogP contribution in [0.2, 0.25) is 0 Å². The van der Waals surface area contributed by atoms with E-state index in [1.807, 2.05) is 18.2 Å². The van der Waals surface area contributed by atoms with Crippen LogP contribution in [0, 0.1) is 0 Å². The maximum atomic E-state index is 13.1. The maximum absolute atomic E-state index is 13.1. The van der Waals surface area contributed by atoms with Gasteiger partial charge in [-0.15, -0.1) is 0 Å². The summed E-state index contributed by atoms with van der Waals surface area (Å²) in [6, 6.07) is 12.9. The Morgan fingerprint density at radius 1 is 0.939 bits per heavy atom. The summed E-state index contributed by atoms with van der Waals surface area (Å²) in [7, 11) is 0. The van der Waals surface area contributed by atoms with Crippen molar-refractivity contribution in [1.29, 1.82) is 0 Å². The van der Waals surface area contributed by atoms with E-state index in [0.29, 0.717) is 24.3 Å². The minimum atomic E-state index is -0.990. The molecule has 2 aliphatic rings. The molecule has 0 aliphatic carbocycles. The van der Waals surface area contributed by atoms with Crippen molar-refractivity contribution >= 4 is 35.2 Å². The zero-order valence-corrected chi connectivity index (χ0v) is 17.9. The van der Waals surface area contributed by atoms with E-state index in [9.17, 15) is 24.0 Å². The summed E-state index contributed by atoms with van der Waals surface area (Å²) in [5.74, 6) is -2.23. The first-order chi connectivity index (χ1) is 16.0. The van der Waals surface area contributed by atoms with Crippen molar-refractivity contribution in [3.05, 3.63) is 65.2 Å². The lowest BCUT2D eigenvalue weighted by atomic mass is 10.0. The molecule has 4 rings (SSSR count). The van der Waals surface area contributed by atoms with Crippen molar-refractivity contribution in [2.75, 3.05) is 18.4 Å². The molecule has 2 heterocycles. The molecule has 9 heteroatoms. The molecule has 0 saturated carbocycles. The number of nitrogens with one attached hydrogen (secondary N) is 3. The van der Waals surface area contributed by atoms with Crippen molar-refractivity contribution in [2.45, 2.75) is 31.7 Å². The second-order valence-electron chi connectivity index (χ2n) is 7.93. The maximum Gasteiger partial charge on any atom is 0.264 e. The lowest BCUT2D eigenvalue weighted by Crippen LogP contribution is -2.54. The van der Waals surface area contributed by atoms with Gasteiger partial charge in [-0.2, -0.15) is 0 Å². The molecule has 3 N–H and O–H groups in total. The van der Waals surface area contributed by atoms with E-state index in [2.05, 4.69) is 16.0 Å². The summed E-state index contributed by atoms with van der Waals surface area (Å²) >= 11 is 0. The number of amides is 5. The summed E-state index contributed by atoms with van der Waals surface area (Å²) < 4.78 is 0. The Morgan fingerprint density at radius 3 is 2.45 bits per heavy atom. The van der Waals surface area contributed by atoms with Crippen molar-refractivity contribution in [3.63, 3.8) is 0 Å². The smallest absolute Gasteiger partial charge is 0.264 e. The van der Waals surface area contributed by atoms with E-state index in [0.717, 1.165) is 17.7 Å². The van der Waals surface area contributed by atoms with Gasteiger partial charge in [-0.3, -0.25) is 34.2 Å². The fourth-order valence-electron chi connectivity index (χ4n) is 4.03. The molecule has 2 aromatic rings. The van der Waals surface area contributed by atoms with Gasteiger partial charge in [-0.05, 0) is 43.5 Å². The van der Waals surface area contributed by atoms with Crippen LogP contribution >= 0.6 is 0 Å². The molecule has 0 radical (unpaired) electrons. The van der Waals surface area contributed by atoms with E-state index in [-0.39, 0.29) is 29.9 Å². The minimum absolute atomic E-state index is 0.0791. The SMILES string of the molecule is O=C1CCC(N2C(=O)c3cccc(NCCCCNC(=O)c4ccccc4)c3C2=O)C(=O)N1. The molecular weight excluding hydrogens is 424 g/mol. The third-order valence-electron chi connectivity index (χ3n) is 5.71. The predicted molar refractivity (Wildman–Crippen MR) is 120 cm³/mol. The van der Waals surface area contributed by atoms with Crippen LogP contribution in [0.4, 0.5) is 5.69 Å².